The molecule has 1 aromatic carbocycles. The summed E-state index contributed by atoms with van der Waals surface area (Å²) in [6, 6.07) is 2.39. The highest BCUT2D eigenvalue weighted by Crippen LogP contribution is 2.50. The molecule has 3 atom stereocenters. The Balaban J connectivity index is 1.39. The highest BCUT2D eigenvalue weighted by atomic mass is 35.5. The number of aliphatic imine (C=N–C) groups is 1. The highest BCUT2D eigenvalue weighted by molar-refractivity contribution is 7.89. The third-order valence-electron chi connectivity index (χ3n) is 9.63. The fourth-order valence-electron chi connectivity index (χ4n) is 6.91. The van der Waals surface area contributed by atoms with Gasteiger partial charge in [-0.25, -0.2) is 41.0 Å². The van der Waals surface area contributed by atoms with Crippen molar-refractivity contribution < 1.29 is 49.1 Å². The lowest BCUT2D eigenvalue weighted by atomic mass is 9.69. The summed E-state index contributed by atoms with van der Waals surface area (Å²) in [6.45, 7) is 4.52. The van der Waals surface area contributed by atoms with E-state index in [1.807, 2.05) is 5.32 Å². The van der Waals surface area contributed by atoms with E-state index in [1.165, 1.54) is 30.6 Å². The summed E-state index contributed by atoms with van der Waals surface area (Å²) in [5.74, 6) is -4.14. The molecule has 56 heavy (non-hydrogen) atoms. The number of amides is 2. The van der Waals surface area contributed by atoms with Crippen LogP contribution in [0.15, 0.2) is 59.9 Å². The van der Waals surface area contributed by atoms with Gasteiger partial charge in [-0.3, -0.25) is 9.69 Å². The number of aromatic nitrogens is 5. The number of carbonyl (C=O) groups is 2. The van der Waals surface area contributed by atoms with E-state index < -0.39 is 87.3 Å². The van der Waals surface area contributed by atoms with Crippen molar-refractivity contribution in [3.8, 4) is 5.69 Å². The van der Waals surface area contributed by atoms with Gasteiger partial charge in [-0.1, -0.05) is 44.5 Å². The fraction of sp³-hybridized carbons (Fsp3) is 0.471. The van der Waals surface area contributed by atoms with Crippen molar-refractivity contribution in [2.24, 2.45) is 22.1 Å². The maximum atomic E-state index is 16.5. The Bertz CT molecular complexity index is 2260. The van der Waals surface area contributed by atoms with E-state index in [4.69, 9.17) is 22.1 Å². The Labute approximate surface area is 321 Å². The van der Waals surface area contributed by atoms with Gasteiger partial charge in [0.15, 0.2) is 17.3 Å². The third kappa shape index (κ3) is 7.74. The van der Waals surface area contributed by atoms with Crippen LogP contribution in [0.3, 0.4) is 0 Å². The number of hydrogen-bond donors (Lipinski definition) is 2. The first-order valence-corrected chi connectivity index (χ1v) is 19.2. The van der Waals surface area contributed by atoms with Gasteiger partial charge in [0.1, 0.15) is 24.3 Å². The standard InChI is InChI=1S/C34H36ClF6N9O5S/c1-31(2,3)16-33(21-7-5-18(11-23(21)36)20-13-44-48(14-20)56(4,53)54)28(51)49(29(42)46-33)25(15-55-30(52)47-32(9-10-32)34(39,40)41)19-6-8-22(35)24(12-19)50-27(26(37)38)43-17-45-50/h5-6,8,11-14,17,21,25-26H,7,9-10,15-16H2,1-4H3,(H2,42,46)(H,47,52)/t21?,25-,33-/m1/s1. The lowest BCUT2D eigenvalue weighted by Gasteiger charge is -2.39. The number of alkyl carbamates (subject to hydrolysis) is 1. The maximum Gasteiger partial charge on any atom is 0.411 e. The third-order valence-corrected chi connectivity index (χ3v) is 10.8. The summed E-state index contributed by atoms with van der Waals surface area (Å²) >= 11 is 6.40. The zero-order chi connectivity index (χ0) is 41.2. The Kier molecular flexibility index (Phi) is 10.3. The number of nitrogens with one attached hydrogen (secondary N) is 1. The number of carbonyl (C=O) groups excluding carboxylic acids is 2. The monoisotopic (exact) mass is 831 g/mol. The van der Waals surface area contributed by atoms with Gasteiger partial charge in [0.25, 0.3) is 22.4 Å². The zero-order valence-electron chi connectivity index (χ0n) is 30.2. The molecule has 0 radical (unpaired) electrons. The van der Waals surface area contributed by atoms with Gasteiger partial charge in [-0.2, -0.15) is 27.5 Å². The van der Waals surface area contributed by atoms with Crippen LogP contribution in [0.4, 0.5) is 31.1 Å². The van der Waals surface area contributed by atoms with Crippen molar-refractivity contribution >= 4 is 45.2 Å². The number of rotatable bonds is 11. The molecular formula is C34H36ClF6N9O5S. The van der Waals surface area contributed by atoms with Crippen molar-refractivity contribution in [3.05, 3.63) is 76.9 Å². The molecule has 14 nitrogen and oxygen atoms in total. The van der Waals surface area contributed by atoms with Crippen LogP contribution in [-0.2, 0) is 19.6 Å². The van der Waals surface area contributed by atoms with E-state index in [1.54, 1.807) is 26.8 Å². The lowest BCUT2D eigenvalue weighted by Crippen LogP contribution is -2.52. The molecule has 22 heteroatoms. The summed E-state index contributed by atoms with van der Waals surface area (Å²) in [6.07, 6.45) is -3.30. The van der Waals surface area contributed by atoms with Crippen LogP contribution in [0, 0.1) is 11.3 Å². The van der Waals surface area contributed by atoms with Gasteiger partial charge in [0, 0.05) is 11.5 Å². The summed E-state index contributed by atoms with van der Waals surface area (Å²) in [5.41, 5.74) is 1.85. The molecule has 2 amide bonds. The maximum absolute atomic E-state index is 16.5. The number of guanidine groups is 1. The van der Waals surface area contributed by atoms with Crippen molar-refractivity contribution in [2.45, 2.75) is 76.2 Å². The number of ether oxygens (including phenoxy) is 1. The molecule has 0 spiro atoms. The van der Waals surface area contributed by atoms with Gasteiger partial charge < -0.3 is 15.8 Å². The molecule has 0 saturated heterocycles. The topological polar surface area (TPSA) is 180 Å². The summed E-state index contributed by atoms with van der Waals surface area (Å²) in [7, 11) is -3.74. The van der Waals surface area contributed by atoms with Crippen molar-refractivity contribution in [1.29, 1.82) is 0 Å². The molecule has 3 N–H and O–H groups in total. The largest absolute Gasteiger partial charge is 0.447 e. The summed E-state index contributed by atoms with van der Waals surface area (Å²) < 4.78 is 116. The fourth-order valence-corrected chi connectivity index (χ4v) is 7.63. The molecule has 1 aliphatic heterocycles. The molecular weight excluding hydrogens is 796 g/mol. The van der Waals surface area contributed by atoms with E-state index in [0.717, 1.165) is 32.3 Å². The van der Waals surface area contributed by atoms with E-state index in [9.17, 15) is 40.0 Å². The van der Waals surface area contributed by atoms with Crippen molar-refractivity contribution in [1.82, 2.24) is 34.2 Å². The molecule has 1 saturated carbocycles. The average Bonchev–Trinajstić information content (AvgIpc) is 3.40. The number of nitrogens with zero attached hydrogens (tertiary/aromatic N) is 7. The van der Waals surface area contributed by atoms with Crippen LogP contribution in [0.5, 0.6) is 0 Å². The molecule has 3 heterocycles. The first-order chi connectivity index (χ1) is 26.0. The highest BCUT2D eigenvalue weighted by Gasteiger charge is 2.65. The SMILES string of the molecule is CC(C)(C)C[C@]1(C2CC=C(c3cnn(S(C)(=O)=O)c3)C=C2F)N=C(N)N([C@H](COC(=O)NC2(C(F)(F)F)CC2)c2ccc(Cl)c(-n3ncnc3C(F)F)c2)C1=O. The zero-order valence-corrected chi connectivity index (χ0v) is 31.8. The molecule has 3 aliphatic rings. The minimum absolute atomic E-state index is 0.0488. The van der Waals surface area contributed by atoms with Crippen LogP contribution >= 0.6 is 11.6 Å². The smallest absolute Gasteiger partial charge is 0.411 e. The number of hydrogen-bond acceptors (Lipinski definition) is 10. The van der Waals surface area contributed by atoms with Crippen LogP contribution < -0.4 is 11.1 Å². The Morgan fingerprint density at radius 3 is 2.45 bits per heavy atom. The van der Waals surface area contributed by atoms with Crippen LogP contribution in [0.25, 0.3) is 11.3 Å². The van der Waals surface area contributed by atoms with Crippen LogP contribution in [-0.4, -0.2) is 85.3 Å². The van der Waals surface area contributed by atoms with E-state index >= 15 is 4.39 Å². The molecule has 2 aliphatic carbocycles. The number of alkyl halides is 5. The average molecular weight is 832 g/mol. The Morgan fingerprint density at radius 1 is 1.18 bits per heavy atom. The van der Waals surface area contributed by atoms with Gasteiger partial charge in [-0.15, -0.1) is 0 Å². The first kappa shape index (κ1) is 40.7. The lowest BCUT2D eigenvalue weighted by molar-refractivity contribution is -0.164. The predicted octanol–water partition coefficient (Wildman–Crippen LogP) is 6.01. The minimum Gasteiger partial charge on any atom is -0.447 e. The molecule has 2 aromatic heterocycles. The van der Waals surface area contributed by atoms with Crippen LogP contribution in [0.1, 0.15) is 75.9 Å². The minimum atomic E-state index is -4.77. The van der Waals surface area contributed by atoms with E-state index in [-0.39, 0.29) is 53.1 Å². The molecule has 3 aromatic rings. The summed E-state index contributed by atoms with van der Waals surface area (Å²) in [5, 5.41) is 9.41. The first-order valence-electron chi connectivity index (χ1n) is 17.0. The van der Waals surface area contributed by atoms with E-state index in [2.05, 4.69) is 20.2 Å². The quantitative estimate of drug-likeness (QED) is 0.219. The van der Waals surface area contributed by atoms with Gasteiger partial charge >= 0.3 is 12.3 Å². The second kappa shape index (κ2) is 14.2. The van der Waals surface area contributed by atoms with Crippen molar-refractivity contribution in [2.75, 3.05) is 12.9 Å². The molecule has 302 valence electrons. The predicted molar refractivity (Wildman–Crippen MR) is 190 cm³/mol. The second-order valence-electron chi connectivity index (χ2n) is 15.0. The normalized spacial score (nSPS) is 21.8. The molecule has 0 bridgehead atoms. The number of allylic oxidation sites excluding steroid dienone is 3. The number of benzene rings is 1. The molecule has 6 rings (SSSR count). The van der Waals surface area contributed by atoms with E-state index in [0.29, 0.717) is 0 Å². The van der Waals surface area contributed by atoms with Gasteiger partial charge in [0.2, 0.25) is 0 Å². The van der Waals surface area contributed by atoms with Crippen LogP contribution in [0.2, 0.25) is 5.02 Å². The number of nitrogens with two attached hydrogens (primary N) is 1. The number of halogens is 7. The van der Waals surface area contributed by atoms with Crippen molar-refractivity contribution in [3.63, 3.8) is 0 Å². The van der Waals surface area contributed by atoms with Gasteiger partial charge in [-0.05, 0) is 60.4 Å². The Hall–Kier alpha value is -4.92. The molecule has 1 unspecified atom stereocenters. The summed E-state index contributed by atoms with van der Waals surface area (Å²) in [4.78, 5) is 36.9. The Morgan fingerprint density at radius 2 is 1.88 bits per heavy atom. The molecule has 1 fully saturated rings. The van der Waals surface area contributed by atoms with Gasteiger partial charge in [0.05, 0.1) is 35.4 Å². The second-order valence-corrected chi connectivity index (χ2v) is 17.3.